The van der Waals surface area contributed by atoms with E-state index in [0.29, 0.717) is 17.9 Å². The minimum atomic E-state index is 0.313. The van der Waals surface area contributed by atoms with E-state index in [2.05, 4.69) is 11.0 Å². The van der Waals surface area contributed by atoms with Gasteiger partial charge in [-0.1, -0.05) is 24.6 Å². The van der Waals surface area contributed by atoms with E-state index in [1.807, 2.05) is 18.2 Å². The molecule has 0 radical (unpaired) electrons. The molecule has 20 heavy (non-hydrogen) atoms. The molecule has 0 N–H and O–H groups in total. The van der Waals surface area contributed by atoms with Crippen LogP contribution in [0.1, 0.15) is 37.7 Å². The van der Waals surface area contributed by atoms with Crippen LogP contribution in [0.3, 0.4) is 0 Å². The van der Waals surface area contributed by atoms with E-state index in [1.54, 1.807) is 7.11 Å². The lowest BCUT2D eigenvalue weighted by atomic mass is 9.84. The van der Waals surface area contributed by atoms with E-state index in [1.165, 1.54) is 12.0 Å². The van der Waals surface area contributed by atoms with Crippen molar-refractivity contribution in [2.75, 3.05) is 13.7 Å². The molecule has 1 saturated heterocycles. The Morgan fingerprint density at radius 1 is 1.25 bits per heavy atom. The summed E-state index contributed by atoms with van der Waals surface area (Å²) in [7, 11) is 1.71. The molecule has 1 atom stereocenters. The first-order chi connectivity index (χ1) is 9.79. The van der Waals surface area contributed by atoms with Gasteiger partial charge in [0, 0.05) is 18.5 Å². The highest BCUT2D eigenvalue weighted by atomic mass is 16.5. The van der Waals surface area contributed by atoms with Crippen LogP contribution >= 0.6 is 0 Å². The number of hydrogen-bond donors (Lipinski definition) is 0. The van der Waals surface area contributed by atoms with E-state index in [4.69, 9.17) is 4.74 Å². The second kappa shape index (κ2) is 5.86. The van der Waals surface area contributed by atoms with Crippen LogP contribution < -0.4 is 4.74 Å². The molecule has 1 aliphatic heterocycles. The fourth-order valence-electron chi connectivity index (χ4n) is 3.35. The summed E-state index contributed by atoms with van der Waals surface area (Å²) in [5.74, 6) is 1.65. The minimum absolute atomic E-state index is 0.313. The maximum Gasteiger partial charge on any atom is 0.225 e. The predicted octanol–water partition coefficient (Wildman–Crippen LogP) is 3.03. The smallest absolute Gasteiger partial charge is 0.225 e. The van der Waals surface area contributed by atoms with Crippen molar-refractivity contribution >= 4 is 5.91 Å². The molecule has 1 aromatic rings. The number of carbonyl (C=O) groups is 1. The van der Waals surface area contributed by atoms with Gasteiger partial charge < -0.3 is 9.64 Å². The number of methoxy groups -OCH3 is 1. The molecule has 2 aliphatic rings. The second-order valence-corrected chi connectivity index (χ2v) is 5.97. The van der Waals surface area contributed by atoms with E-state index in [9.17, 15) is 4.79 Å². The first kappa shape index (κ1) is 13.5. The number of ether oxygens (including phenoxy) is 1. The Hall–Kier alpha value is -1.51. The van der Waals surface area contributed by atoms with Crippen molar-refractivity contribution < 1.29 is 9.53 Å². The van der Waals surface area contributed by atoms with Crippen molar-refractivity contribution in [3.8, 4) is 5.75 Å². The maximum absolute atomic E-state index is 12.5. The van der Waals surface area contributed by atoms with Crippen molar-refractivity contribution in [2.24, 2.45) is 5.92 Å². The Kier molecular flexibility index (Phi) is 3.95. The Labute approximate surface area is 120 Å². The number of amides is 1. The minimum Gasteiger partial charge on any atom is -0.496 e. The van der Waals surface area contributed by atoms with E-state index in [-0.39, 0.29) is 0 Å². The van der Waals surface area contributed by atoms with Crippen LogP contribution in [0.2, 0.25) is 0 Å². The zero-order chi connectivity index (χ0) is 13.9. The van der Waals surface area contributed by atoms with Gasteiger partial charge in [0.15, 0.2) is 0 Å². The third kappa shape index (κ3) is 2.54. The lowest BCUT2D eigenvalue weighted by molar-refractivity contribution is -0.139. The van der Waals surface area contributed by atoms with Crippen LogP contribution in [-0.4, -0.2) is 30.5 Å². The van der Waals surface area contributed by atoms with Crippen molar-refractivity contribution in [2.45, 2.75) is 44.6 Å². The second-order valence-electron chi connectivity index (χ2n) is 5.97. The highest BCUT2D eigenvalue weighted by Crippen LogP contribution is 2.32. The van der Waals surface area contributed by atoms with E-state index >= 15 is 0 Å². The van der Waals surface area contributed by atoms with Crippen LogP contribution in [0.5, 0.6) is 5.75 Å². The van der Waals surface area contributed by atoms with Crippen LogP contribution in [0.25, 0.3) is 0 Å². The van der Waals surface area contributed by atoms with Gasteiger partial charge in [0.2, 0.25) is 5.91 Å². The summed E-state index contributed by atoms with van der Waals surface area (Å²) >= 11 is 0. The summed E-state index contributed by atoms with van der Waals surface area (Å²) in [6, 6.07) is 8.52. The zero-order valence-corrected chi connectivity index (χ0v) is 12.2. The molecule has 108 valence electrons. The molecule has 0 bridgehead atoms. The molecule has 1 saturated carbocycles. The molecule has 0 aromatic heterocycles. The molecule has 1 amide bonds. The van der Waals surface area contributed by atoms with Gasteiger partial charge >= 0.3 is 0 Å². The summed E-state index contributed by atoms with van der Waals surface area (Å²) < 4.78 is 5.43. The molecule has 3 rings (SSSR count). The summed E-state index contributed by atoms with van der Waals surface area (Å²) in [6.07, 6.45) is 6.59. The van der Waals surface area contributed by atoms with Crippen molar-refractivity contribution in [1.82, 2.24) is 4.90 Å². The van der Waals surface area contributed by atoms with Gasteiger partial charge in [-0.2, -0.15) is 0 Å². The maximum atomic E-state index is 12.5. The van der Waals surface area contributed by atoms with E-state index < -0.39 is 0 Å². The number of hydrogen-bond acceptors (Lipinski definition) is 2. The molecular formula is C17H23NO2. The van der Waals surface area contributed by atoms with Gasteiger partial charge in [0.05, 0.1) is 7.11 Å². The summed E-state index contributed by atoms with van der Waals surface area (Å²) in [6.45, 7) is 0.940. The first-order valence-electron chi connectivity index (χ1n) is 7.72. The van der Waals surface area contributed by atoms with Gasteiger partial charge in [-0.25, -0.2) is 0 Å². The third-order valence-electron chi connectivity index (χ3n) is 4.76. The number of likely N-dealkylation sites (tertiary alicyclic amines) is 1. The van der Waals surface area contributed by atoms with Crippen LogP contribution in [0, 0.1) is 5.92 Å². The summed E-state index contributed by atoms with van der Waals surface area (Å²) in [5, 5.41) is 0. The lowest BCUT2D eigenvalue weighted by Gasteiger charge is -2.33. The Morgan fingerprint density at radius 2 is 2.05 bits per heavy atom. The monoisotopic (exact) mass is 273 g/mol. The van der Waals surface area contributed by atoms with Crippen molar-refractivity contribution in [3.63, 3.8) is 0 Å². The molecule has 2 fully saturated rings. The molecule has 1 aliphatic carbocycles. The standard InChI is InChI=1S/C17H23NO2/c1-20-16-10-3-2-6-14(16)12-15-9-5-11-18(15)17(19)13-7-4-8-13/h2-3,6,10,13,15H,4-5,7-9,11-12H2,1H3/t15-/m0/s1. The summed E-state index contributed by atoms with van der Waals surface area (Å²) in [5.41, 5.74) is 1.22. The van der Waals surface area contributed by atoms with Crippen molar-refractivity contribution in [1.29, 1.82) is 0 Å². The van der Waals surface area contributed by atoms with Crippen LogP contribution in [-0.2, 0) is 11.2 Å². The predicted molar refractivity (Wildman–Crippen MR) is 78.8 cm³/mol. The molecule has 0 unspecified atom stereocenters. The molecule has 3 heteroatoms. The molecule has 1 aromatic carbocycles. The van der Waals surface area contributed by atoms with Gasteiger partial charge in [0.25, 0.3) is 0 Å². The topological polar surface area (TPSA) is 29.5 Å². The van der Waals surface area contributed by atoms with Gasteiger partial charge in [0.1, 0.15) is 5.75 Å². The Morgan fingerprint density at radius 3 is 2.75 bits per heavy atom. The zero-order valence-electron chi connectivity index (χ0n) is 12.2. The number of para-hydroxylation sites is 1. The number of rotatable bonds is 4. The Balaban J connectivity index is 1.70. The molecule has 1 heterocycles. The number of benzene rings is 1. The first-order valence-corrected chi connectivity index (χ1v) is 7.72. The quantitative estimate of drug-likeness (QED) is 0.844. The van der Waals surface area contributed by atoms with Gasteiger partial charge in [-0.3, -0.25) is 4.79 Å². The fourth-order valence-corrected chi connectivity index (χ4v) is 3.35. The van der Waals surface area contributed by atoms with Crippen LogP contribution in [0.15, 0.2) is 24.3 Å². The SMILES string of the molecule is COc1ccccc1C[C@@H]1CCCN1C(=O)C1CCC1. The van der Waals surface area contributed by atoms with Crippen molar-refractivity contribution in [3.05, 3.63) is 29.8 Å². The highest BCUT2D eigenvalue weighted by Gasteiger charge is 2.35. The summed E-state index contributed by atoms with van der Waals surface area (Å²) in [4.78, 5) is 14.6. The Bertz CT molecular complexity index is 482. The largest absolute Gasteiger partial charge is 0.496 e. The van der Waals surface area contributed by atoms with Gasteiger partial charge in [-0.05, 0) is 43.7 Å². The normalized spacial score (nSPS) is 22.6. The third-order valence-corrected chi connectivity index (χ3v) is 4.76. The fraction of sp³-hybridized carbons (Fsp3) is 0.588. The highest BCUT2D eigenvalue weighted by molar-refractivity contribution is 5.80. The molecular weight excluding hydrogens is 250 g/mol. The number of nitrogens with zero attached hydrogens (tertiary/aromatic N) is 1. The average molecular weight is 273 g/mol. The molecule has 0 spiro atoms. The van der Waals surface area contributed by atoms with Gasteiger partial charge in [-0.15, -0.1) is 0 Å². The molecule has 3 nitrogen and oxygen atoms in total. The van der Waals surface area contributed by atoms with Crippen LogP contribution in [0.4, 0.5) is 0 Å². The van der Waals surface area contributed by atoms with E-state index in [0.717, 1.165) is 44.4 Å². The number of carbonyl (C=O) groups excluding carboxylic acids is 1. The lowest BCUT2D eigenvalue weighted by Crippen LogP contribution is -2.42. The average Bonchev–Trinajstić information content (AvgIpc) is 2.85.